The number of rotatable bonds is 9. The van der Waals surface area contributed by atoms with Gasteiger partial charge in [-0.2, -0.15) is 5.10 Å². The van der Waals surface area contributed by atoms with Crippen LogP contribution in [0.1, 0.15) is 30.4 Å². The summed E-state index contributed by atoms with van der Waals surface area (Å²) in [5.74, 6) is 0.847. The van der Waals surface area contributed by atoms with Crippen molar-refractivity contribution in [3.05, 3.63) is 52.8 Å². The minimum atomic E-state index is -0.00286. The molecule has 0 spiro atoms. The Balaban J connectivity index is 1.45. The van der Waals surface area contributed by atoms with Crippen LogP contribution in [0.4, 0.5) is 0 Å². The third kappa shape index (κ3) is 5.42. The highest BCUT2D eigenvalue weighted by atomic mass is 32.1. The maximum atomic E-state index is 12.2. The van der Waals surface area contributed by atoms with Crippen molar-refractivity contribution in [1.29, 1.82) is 0 Å². The molecule has 0 unspecified atom stereocenters. The lowest BCUT2D eigenvalue weighted by Crippen LogP contribution is -2.27. The number of ether oxygens (including phenoxy) is 1. The van der Waals surface area contributed by atoms with Gasteiger partial charge >= 0.3 is 0 Å². The summed E-state index contributed by atoms with van der Waals surface area (Å²) in [6, 6.07) is 9.92. The van der Waals surface area contributed by atoms with Crippen LogP contribution < -0.4 is 10.1 Å². The number of carbonyl (C=O) groups excluding carboxylic acids is 1. The molecule has 6 nitrogen and oxygen atoms in total. The van der Waals surface area contributed by atoms with Gasteiger partial charge in [0, 0.05) is 29.7 Å². The number of nitrogens with zero attached hydrogens (tertiary/aromatic N) is 3. The Morgan fingerprint density at radius 3 is 2.71 bits per heavy atom. The minimum Gasteiger partial charge on any atom is -0.494 e. The zero-order valence-electron chi connectivity index (χ0n) is 16.6. The van der Waals surface area contributed by atoms with Crippen molar-refractivity contribution < 1.29 is 9.53 Å². The monoisotopic (exact) mass is 398 g/mol. The number of aromatic nitrogens is 3. The molecule has 0 aliphatic rings. The first-order valence-electron chi connectivity index (χ1n) is 9.50. The normalized spacial score (nSPS) is 10.8. The fourth-order valence-electron chi connectivity index (χ4n) is 2.97. The molecular weight excluding hydrogens is 372 g/mol. The molecule has 2 aromatic heterocycles. The van der Waals surface area contributed by atoms with E-state index in [0.717, 1.165) is 46.4 Å². The molecule has 2 heterocycles. The van der Waals surface area contributed by atoms with Gasteiger partial charge < -0.3 is 10.1 Å². The topological polar surface area (TPSA) is 69.0 Å². The van der Waals surface area contributed by atoms with E-state index in [2.05, 4.69) is 21.5 Å². The van der Waals surface area contributed by atoms with Gasteiger partial charge in [0.25, 0.3) is 0 Å². The molecule has 0 atom stereocenters. The Kier molecular flexibility index (Phi) is 6.81. The number of hydrogen-bond donors (Lipinski definition) is 1. The largest absolute Gasteiger partial charge is 0.494 e. The summed E-state index contributed by atoms with van der Waals surface area (Å²) in [5.41, 5.74) is 4.00. The summed E-state index contributed by atoms with van der Waals surface area (Å²) < 4.78 is 7.44. The van der Waals surface area contributed by atoms with Crippen LogP contribution in [0, 0.1) is 13.8 Å². The van der Waals surface area contributed by atoms with Crippen LogP contribution in [-0.2, 0) is 17.8 Å². The Morgan fingerprint density at radius 1 is 1.25 bits per heavy atom. The molecule has 0 radical (unpaired) electrons. The number of benzene rings is 1. The van der Waals surface area contributed by atoms with Crippen LogP contribution in [0.25, 0.3) is 10.6 Å². The van der Waals surface area contributed by atoms with Crippen LogP contribution in [0.3, 0.4) is 0 Å². The van der Waals surface area contributed by atoms with Crippen molar-refractivity contribution in [3.8, 4) is 16.3 Å². The first-order chi connectivity index (χ1) is 13.5. The van der Waals surface area contributed by atoms with Crippen LogP contribution in [0.15, 0.2) is 35.7 Å². The second-order valence-corrected chi connectivity index (χ2v) is 7.49. The molecule has 0 fully saturated rings. The zero-order chi connectivity index (χ0) is 19.9. The molecule has 1 N–H and O–H groups in total. The highest BCUT2D eigenvalue weighted by molar-refractivity contribution is 7.13. The maximum Gasteiger partial charge on any atom is 0.226 e. The maximum absolute atomic E-state index is 12.2. The van der Waals surface area contributed by atoms with Gasteiger partial charge in [0.1, 0.15) is 10.8 Å². The van der Waals surface area contributed by atoms with Gasteiger partial charge in [-0.1, -0.05) is 0 Å². The summed E-state index contributed by atoms with van der Waals surface area (Å²) in [6.07, 6.45) is 1.15. The fourth-order valence-corrected chi connectivity index (χ4v) is 3.79. The second-order valence-electron chi connectivity index (χ2n) is 6.63. The van der Waals surface area contributed by atoms with Gasteiger partial charge in [-0.15, -0.1) is 11.3 Å². The van der Waals surface area contributed by atoms with E-state index in [1.807, 2.05) is 55.1 Å². The van der Waals surface area contributed by atoms with Crippen molar-refractivity contribution in [2.75, 3.05) is 13.2 Å². The van der Waals surface area contributed by atoms with Crippen LogP contribution in [0.2, 0.25) is 0 Å². The van der Waals surface area contributed by atoms with E-state index in [0.29, 0.717) is 19.6 Å². The lowest BCUT2D eigenvalue weighted by molar-refractivity contribution is -0.120. The van der Waals surface area contributed by atoms with E-state index in [9.17, 15) is 4.79 Å². The number of hydrogen-bond acceptors (Lipinski definition) is 5. The van der Waals surface area contributed by atoms with Crippen LogP contribution in [-0.4, -0.2) is 33.8 Å². The van der Waals surface area contributed by atoms with Crippen LogP contribution >= 0.6 is 11.3 Å². The third-order valence-corrected chi connectivity index (χ3v) is 5.22. The molecule has 0 saturated carbocycles. The molecule has 3 rings (SSSR count). The molecule has 1 amide bonds. The minimum absolute atomic E-state index is 0.00286. The summed E-state index contributed by atoms with van der Waals surface area (Å²) in [5, 5.41) is 10.3. The quantitative estimate of drug-likeness (QED) is 0.557. The first-order valence-corrected chi connectivity index (χ1v) is 10.4. The number of amides is 1. The molecule has 148 valence electrons. The highest BCUT2D eigenvalue weighted by Crippen LogP contribution is 2.26. The van der Waals surface area contributed by atoms with E-state index in [1.165, 1.54) is 0 Å². The smallest absolute Gasteiger partial charge is 0.226 e. The first kappa shape index (κ1) is 20.1. The van der Waals surface area contributed by atoms with Crippen molar-refractivity contribution in [3.63, 3.8) is 0 Å². The predicted octanol–water partition coefficient (Wildman–Crippen LogP) is 3.77. The molecular formula is C21H26N4O2S. The zero-order valence-corrected chi connectivity index (χ0v) is 17.4. The number of aryl methyl sites for hydroxylation is 3. The van der Waals surface area contributed by atoms with E-state index >= 15 is 0 Å². The Bertz CT molecular complexity index is 915. The molecule has 3 aromatic rings. The average Bonchev–Trinajstić information content (AvgIpc) is 3.25. The average molecular weight is 399 g/mol. The lowest BCUT2D eigenvalue weighted by Gasteiger charge is -2.06. The number of carbonyl (C=O) groups is 1. The van der Waals surface area contributed by atoms with Crippen molar-refractivity contribution in [1.82, 2.24) is 20.1 Å². The van der Waals surface area contributed by atoms with Gasteiger partial charge in [-0.3, -0.25) is 9.48 Å². The van der Waals surface area contributed by atoms with Crippen LogP contribution in [0.5, 0.6) is 5.75 Å². The number of thiazole rings is 1. The van der Waals surface area contributed by atoms with E-state index in [4.69, 9.17) is 4.74 Å². The summed E-state index contributed by atoms with van der Waals surface area (Å²) in [6.45, 7) is 8.08. The van der Waals surface area contributed by atoms with Crippen molar-refractivity contribution >= 4 is 17.2 Å². The predicted molar refractivity (Wildman–Crippen MR) is 112 cm³/mol. The standard InChI is InChI=1S/C21H26N4O2S/c1-4-27-19-8-6-17(7-9-19)21-23-18(14-28-21)13-20(26)22-10-5-11-25-16(3)12-15(2)24-25/h6-9,12,14H,4-5,10-11,13H2,1-3H3,(H,22,26). The molecule has 0 bridgehead atoms. The Morgan fingerprint density at radius 2 is 2.04 bits per heavy atom. The molecule has 7 heteroatoms. The summed E-state index contributed by atoms with van der Waals surface area (Å²) >= 11 is 1.55. The van der Waals surface area contributed by atoms with E-state index in [1.54, 1.807) is 11.3 Å². The second kappa shape index (κ2) is 9.50. The van der Waals surface area contributed by atoms with Crippen molar-refractivity contribution in [2.45, 2.75) is 40.2 Å². The molecule has 0 aliphatic heterocycles. The van der Waals surface area contributed by atoms with Crippen molar-refractivity contribution in [2.24, 2.45) is 0 Å². The summed E-state index contributed by atoms with van der Waals surface area (Å²) in [7, 11) is 0. The molecule has 0 saturated heterocycles. The fraction of sp³-hybridized carbons (Fsp3) is 0.381. The van der Waals surface area contributed by atoms with E-state index < -0.39 is 0 Å². The van der Waals surface area contributed by atoms with E-state index in [-0.39, 0.29) is 5.91 Å². The van der Waals surface area contributed by atoms with Gasteiger partial charge in [0.05, 0.1) is 24.4 Å². The summed E-state index contributed by atoms with van der Waals surface area (Å²) in [4.78, 5) is 16.8. The Labute approximate surface area is 169 Å². The Hall–Kier alpha value is -2.67. The van der Waals surface area contributed by atoms with Gasteiger partial charge in [-0.25, -0.2) is 4.98 Å². The third-order valence-electron chi connectivity index (χ3n) is 4.28. The molecule has 28 heavy (non-hydrogen) atoms. The molecule has 1 aromatic carbocycles. The van der Waals surface area contributed by atoms with Gasteiger partial charge in [0.15, 0.2) is 0 Å². The lowest BCUT2D eigenvalue weighted by atomic mass is 10.2. The van der Waals surface area contributed by atoms with Gasteiger partial charge in [0.2, 0.25) is 5.91 Å². The SMILES string of the molecule is CCOc1ccc(-c2nc(CC(=O)NCCCn3nc(C)cc3C)cs2)cc1. The van der Waals surface area contributed by atoms with Gasteiger partial charge in [-0.05, 0) is 57.5 Å². The highest BCUT2D eigenvalue weighted by Gasteiger charge is 2.09. The molecule has 0 aliphatic carbocycles. The number of nitrogens with one attached hydrogen (secondary N) is 1.